The Labute approximate surface area is 167 Å². The minimum atomic E-state index is -0.675. The molecule has 8 nitrogen and oxygen atoms in total. The van der Waals surface area contributed by atoms with E-state index in [9.17, 15) is 15.0 Å². The number of aromatic nitrogens is 4. The Bertz CT molecular complexity index is 1340. The summed E-state index contributed by atoms with van der Waals surface area (Å²) >= 11 is 1.65. The lowest BCUT2D eigenvalue weighted by Crippen LogP contribution is -2.14. The molecule has 1 amide bonds. The van der Waals surface area contributed by atoms with Gasteiger partial charge in [-0.25, -0.2) is 0 Å². The van der Waals surface area contributed by atoms with E-state index in [1.54, 1.807) is 23.6 Å². The summed E-state index contributed by atoms with van der Waals surface area (Å²) in [6, 6.07) is 14.3. The molecule has 0 atom stereocenters. The van der Waals surface area contributed by atoms with Crippen molar-refractivity contribution in [2.45, 2.75) is 0 Å². The van der Waals surface area contributed by atoms with E-state index in [0.29, 0.717) is 5.69 Å². The zero-order chi connectivity index (χ0) is 20.0. The zero-order valence-corrected chi connectivity index (χ0v) is 15.6. The molecule has 9 heteroatoms. The van der Waals surface area contributed by atoms with Crippen molar-refractivity contribution in [1.82, 2.24) is 20.2 Å². The fraction of sp³-hybridized carbons (Fsp3) is 0. The summed E-state index contributed by atoms with van der Waals surface area (Å²) < 4.78 is 1.16. The van der Waals surface area contributed by atoms with Crippen molar-refractivity contribution < 1.29 is 15.0 Å². The molecule has 0 saturated carbocycles. The molecule has 0 aliphatic heterocycles. The summed E-state index contributed by atoms with van der Waals surface area (Å²) in [4.78, 5) is 20.6. The first kappa shape index (κ1) is 17.1. The van der Waals surface area contributed by atoms with E-state index in [-0.39, 0.29) is 5.69 Å². The van der Waals surface area contributed by atoms with Crippen LogP contribution >= 0.6 is 11.3 Å². The molecule has 5 aromatic rings. The SMILES string of the molecule is O=C(Nc1cc(-c2cc3ccccc3s2)c2[nH]ncc2c1)c1cc(O)nc(O)n1. The van der Waals surface area contributed by atoms with Gasteiger partial charge >= 0.3 is 6.01 Å². The molecule has 29 heavy (non-hydrogen) atoms. The second kappa shape index (κ2) is 6.57. The Kier molecular flexibility index (Phi) is 3.88. The van der Waals surface area contributed by atoms with Gasteiger partial charge in [0.05, 0.1) is 11.7 Å². The van der Waals surface area contributed by atoms with E-state index in [1.165, 1.54) is 0 Å². The van der Waals surface area contributed by atoms with Gasteiger partial charge < -0.3 is 15.5 Å². The highest BCUT2D eigenvalue weighted by atomic mass is 32.1. The lowest BCUT2D eigenvalue weighted by atomic mass is 10.1. The van der Waals surface area contributed by atoms with Gasteiger partial charge in [-0.3, -0.25) is 9.89 Å². The second-order valence-electron chi connectivity index (χ2n) is 6.37. The first-order chi connectivity index (χ1) is 14.1. The Morgan fingerprint density at radius 2 is 1.90 bits per heavy atom. The highest BCUT2D eigenvalue weighted by Crippen LogP contribution is 2.38. The topological polar surface area (TPSA) is 124 Å². The number of anilines is 1. The standard InChI is InChI=1S/C20H13N5O3S/c26-17-8-14(23-20(28)24-17)19(27)22-12-5-11-9-21-25-18(11)13(7-12)16-6-10-3-1-2-4-15(10)29-16/h1-9H,(H,21,25)(H,22,27)(H2,23,24,26,28). The minimum absolute atomic E-state index is 0.147. The first-order valence-corrected chi connectivity index (χ1v) is 9.43. The molecule has 142 valence electrons. The number of carbonyl (C=O) groups is 1. The molecule has 5 rings (SSSR count). The third-order valence-electron chi connectivity index (χ3n) is 4.43. The van der Waals surface area contributed by atoms with E-state index in [2.05, 4.69) is 43.7 Å². The van der Waals surface area contributed by atoms with Gasteiger partial charge in [0.1, 0.15) is 5.69 Å². The largest absolute Gasteiger partial charge is 0.493 e. The van der Waals surface area contributed by atoms with Crippen molar-refractivity contribution >= 4 is 43.9 Å². The quantitative estimate of drug-likeness (QED) is 0.362. The Hall–Kier alpha value is -3.98. The molecule has 0 aliphatic carbocycles. The van der Waals surface area contributed by atoms with Crippen molar-refractivity contribution in [1.29, 1.82) is 0 Å². The average Bonchev–Trinajstić information content (AvgIpc) is 3.33. The number of nitrogens with zero attached hydrogens (tertiary/aromatic N) is 3. The molecule has 3 aromatic heterocycles. The first-order valence-electron chi connectivity index (χ1n) is 8.61. The van der Waals surface area contributed by atoms with Gasteiger partial charge in [0.15, 0.2) is 0 Å². The number of benzene rings is 2. The Morgan fingerprint density at radius 1 is 1.03 bits per heavy atom. The van der Waals surface area contributed by atoms with Crippen LogP contribution in [0, 0.1) is 0 Å². The Balaban J connectivity index is 1.58. The summed E-state index contributed by atoms with van der Waals surface area (Å²) in [5, 5.41) is 30.8. The van der Waals surface area contributed by atoms with Gasteiger partial charge in [-0.1, -0.05) is 18.2 Å². The van der Waals surface area contributed by atoms with Gasteiger partial charge in [-0.05, 0) is 29.7 Å². The number of rotatable bonds is 3. The fourth-order valence-electron chi connectivity index (χ4n) is 3.17. The van der Waals surface area contributed by atoms with Gasteiger partial charge in [0, 0.05) is 32.3 Å². The summed E-state index contributed by atoms with van der Waals surface area (Å²) in [6.07, 6.45) is 1.68. The summed E-state index contributed by atoms with van der Waals surface area (Å²) in [5.41, 5.74) is 2.16. The van der Waals surface area contributed by atoms with E-state index >= 15 is 0 Å². The van der Waals surface area contributed by atoms with Crippen molar-refractivity contribution in [3.05, 3.63) is 60.4 Å². The highest BCUT2D eigenvalue weighted by molar-refractivity contribution is 7.22. The fourth-order valence-corrected chi connectivity index (χ4v) is 4.26. The predicted molar refractivity (Wildman–Crippen MR) is 110 cm³/mol. The smallest absolute Gasteiger partial charge is 0.317 e. The minimum Gasteiger partial charge on any atom is -0.493 e. The van der Waals surface area contributed by atoms with Crippen LogP contribution < -0.4 is 5.32 Å². The molecule has 0 radical (unpaired) electrons. The number of nitrogens with one attached hydrogen (secondary N) is 2. The molecule has 3 heterocycles. The zero-order valence-electron chi connectivity index (χ0n) is 14.7. The van der Waals surface area contributed by atoms with Crippen LogP contribution in [0.15, 0.2) is 54.7 Å². The van der Waals surface area contributed by atoms with Crippen molar-refractivity contribution in [2.75, 3.05) is 5.32 Å². The third-order valence-corrected chi connectivity index (χ3v) is 5.58. The van der Waals surface area contributed by atoms with Crippen molar-refractivity contribution in [3.8, 4) is 22.3 Å². The summed E-state index contributed by atoms with van der Waals surface area (Å²) in [6.45, 7) is 0. The highest BCUT2D eigenvalue weighted by Gasteiger charge is 2.15. The van der Waals surface area contributed by atoms with Crippen LogP contribution in [0.1, 0.15) is 10.5 Å². The molecule has 0 aliphatic rings. The van der Waals surface area contributed by atoms with E-state index in [4.69, 9.17) is 0 Å². The number of fused-ring (bicyclic) bond motifs is 2. The van der Waals surface area contributed by atoms with Gasteiger partial charge in [0.2, 0.25) is 5.88 Å². The van der Waals surface area contributed by atoms with Crippen LogP contribution in [-0.4, -0.2) is 36.3 Å². The molecular weight excluding hydrogens is 390 g/mol. The normalized spacial score (nSPS) is 11.2. The number of amides is 1. The molecule has 0 unspecified atom stereocenters. The lowest BCUT2D eigenvalue weighted by Gasteiger charge is -2.08. The average molecular weight is 403 g/mol. The number of aromatic hydroxyl groups is 2. The third kappa shape index (κ3) is 3.13. The lowest BCUT2D eigenvalue weighted by molar-refractivity contribution is 0.102. The predicted octanol–water partition coefficient (Wildman–Crippen LogP) is 3.90. The van der Waals surface area contributed by atoms with Crippen LogP contribution in [0.4, 0.5) is 5.69 Å². The van der Waals surface area contributed by atoms with Crippen LogP contribution in [0.25, 0.3) is 31.4 Å². The van der Waals surface area contributed by atoms with Crippen LogP contribution in [0.2, 0.25) is 0 Å². The van der Waals surface area contributed by atoms with Crippen LogP contribution in [-0.2, 0) is 0 Å². The maximum absolute atomic E-state index is 12.5. The number of H-pyrrole nitrogens is 1. The molecule has 2 aromatic carbocycles. The monoisotopic (exact) mass is 403 g/mol. The van der Waals surface area contributed by atoms with Crippen LogP contribution in [0.5, 0.6) is 11.9 Å². The van der Waals surface area contributed by atoms with Crippen molar-refractivity contribution in [3.63, 3.8) is 0 Å². The number of hydrogen-bond donors (Lipinski definition) is 4. The molecule has 0 bridgehead atoms. The maximum Gasteiger partial charge on any atom is 0.317 e. The van der Waals surface area contributed by atoms with Crippen LogP contribution in [0.3, 0.4) is 0 Å². The van der Waals surface area contributed by atoms with E-state index in [0.717, 1.165) is 37.5 Å². The molecule has 0 spiro atoms. The second-order valence-corrected chi connectivity index (χ2v) is 7.46. The molecule has 0 saturated heterocycles. The number of hydrogen-bond acceptors (Lipinski definition) is 7. The van der Waals surface area contributed by atoms with E-state index < -0.39 is 17.8 Å². The van der Waals surface area contributed by atoms with Gasteiger partial charge in [0.25, 0.3) is 5.91 Å². The Morgan fingerprint density at radius 3 is 2.72 bits per heavy atom. The van der Waals surface area contributed by atoms with Gasteiger partial charge in [-0.2, -0.15) is 15.1 Å². The number of thiophene rings is 1. The number of aromatic amines is 1. The van der Waals surface area contributed by atoms with Crippen molar-refractivity contribution in [2.24, 2.45) is 0 Å². The van der Waals surface area contributed by atoms with Gasteiger partial charge in [-0.15, -0.1) is 11.3 Å². The molecular formula is C20H13N5O3S. The summed E-state index contributed by atoms with van der Waals surface area (Å²) in [7, 11) is 0. The number of carbonyl (C=O) groups excluding carboxylic acids is 1. The molecule has 0 fully saturated rings. The van der Waals surface area contributed by atoms with E-state index in [1.807, 2.05) is 18.2 Å². The summed E-state index contributed by atoms with van der Waals surface area (Å²) in [5.74, 6) is -1.07. The molecule has 4 N–H and O–H groups in total. The maximum atomic E-state index is 12.5.